The van der Waals surface area contributed by atoms with E-state index in [9.17, 15) is 14.9 Å². The Bertz CT molecular complexity index is 610. The molecular weight excluding hydrogens is 254 g/mol. The van der Waals surface area contributed by atoms with Gasteiger partial charge in [0.25, 0.3) is 11.6 Å². The fourth-order valence-electron chi connectivity index (χ4n) is 1.38. The number of nitro benzene ring substituents is 1. The Labute approximate surface area is 106 Å². The third-order valence-electron chi connectivity index (χ3n) is 2.28. The summed E-state index contributed by atoms with van der Waals surface area (Å²) in [5.41, 5.74) is 5.39. The van der Waals surface area contributed by atoms with Crippen molar-refractivity contribution in [1.29, 1.82) is 0 Å². The van der Waals surface area contributed by atoms with E-state index in [4.69, 9.17) is 5.73 Å². The Morgan fingerprint density at radius 2 is 2.32 bits per heavy atom. The van der Waals surface area contributed by atoms with Crippen molar-refractivity contribution in [2.24, 2.45) is 0 Å². The maximum absolute atomic E-state index is 11.8. The Kier molecular flexibility index (Phi) is 3.32. The third-order valence-corrected chi connectivity index (χ3v) is 2.28. The molecular formula is C9H9N7O3. The molecule has 19 heavy (non-hydrogen) atoms. The highest BCUT2D eigenvalue weighted by molar-refractivity contribution is 5.95. The SMILES string of the molecule is Nc1cc(C(=O)NCc2nn[nH]n2)ccc1[N+](=O)[O-]. The molecule has 0 saturated heterocycles. The molecule has 0 radical (unpaired) electrons. The molecule has 0 aliphatic carbocycles. The average Bonchev–Trinajstić information content (AvgIpc) is 2.88. The van der Waals surface area contributed by atoms with Gasteiger partial charge < -0.3 is 11.1 Å². The van der Waals surface area contributed by atoms with Gasteiger partial charge in [-0.1, -0.05) is 5.21 Å². The molecule has 2 aromatic rings. The number of carbonyl (C=O) groups excluding carboxylic acids is 1. The Morgan fingerprint density at radius 3 is 2.89 bits per heavy atom. The second-order valence-electron chi connectivity index (χ2n) is 3.54. The summed E-state index contributed by atoms with van der Waals surface area (Å²) in [5.74, 6) is -0.116. The van der Waals surface area contributed by atoms with E-state index in [0.717, 1.165) is 0 Å². The third kappa shape index (κ3) is 2.80. The monoisotopic (exact) mass is 263 g/mol. The van der Waals surface area contributed by atoms with Crippen molar-refractivity contribution in [1.82, 2.24) is 25.9 Å². The smallest absolute Gasteiger partial charge is 0.292 e. The molecule has 1 heterocycles. The number of hydrogen-bond donors (Lipinski definition) is 3. The first-order valence-electron chi connectivity index (χ1n) is 5.12. The summed E-state index contributed by atoms with van der Waals surface area (Å²) >= 11 is 0. The molecule has 1 aromatic heterocycles. The molecule has 10 heteroatoms. The highest BCUT2D eigenvalue weighted by Crippen LogP contribution is 2.21. The van der Waals surface area contributed by atoms with Crippen molar-refractivity contribution in [3.8, 4) is 0 Å². The molecule has 4 N–H and O–H groups in total. The van der Waals surface area contributed by atoms with Crippen LogP contribution in [0.4, 0.5) is 11.4 Å². The lowest BCUT2D eigenvalue weighted by molar-refractivity contribution is -0.383. The maximum Gasteiger partial charge on any atom is 0.292 e. The predicted molar refractivity (Wildman–Crippen MR) is 62.9 cm³/mol. The number of anilines is 1. The van der Waals surface area contributed by atoms with E-state index in [1.54, 1.807) is 0 Å². The number of nitrogen functional groups attached to an aromatic ring is 1. The lowest BCUT2D eigenvalue weighted by Gasteiger charge is -2.03. The molecule has 0 fully saturated rings. The van der Waals surface area contributed by atoms with Gasteiger partial charge in [0.15, 0.2) is 5.82 Å². The van der Waals surface area contributed by atoms with Crippen molar-refractivity contribution in [2.45, 2.75) is 6.54 Å². The van der Waals surface area contributed by atoms with Crippen LogP contribution in [0.2, 0.25) is 0 Å². The van der Waals surface area contributed by atoms with Crippen molar-refractivity contribution in [2.75, 3.05) is 5.73 Å². The zero-order valence-electron chi connectivity index (χ0n) is 9.53. The largest absolute Gasteiger partial charge is 0.393 e. The summed E-state index contributed by atoms with van der Waals surface area (Å²) < 4.78 is 0. The second kappa shape index (κ2) is 5.08. The number of aromatic nitrogens is 4. The highest BCUT2D eigenvalue weighted by Gasteiger charge is 2.14. The molecule has 0 atom stereocenters. The van der Waals surface area contributed by atoms with Crippen molar-refractivity contribution < 1.29 is 9.72 Å². The van der Waals surface area contributed by atoms with Crippen molar-refractivity contribution in [3.05, 3.63) is 39.7 Å². The zero-order valence-corrected chi connectivity index (χ0v) is 9.53. The van der Waals surface area contributed by atoms with Crippen LogP contribution in [0.25, 0.3) is 0 Å². The first-order chi connectivity index (χ1) is 9.08. The maximum atomic E-state index is 11.8. The van der Waals surface area contributed by atoms with E-state index in [-0.39, 0.29) is 23.5 Å². The van der Waals surface area contributed by atoms with Crippen LogP contribution in [0.15, 0.2) is 18.2 Å². The second-order valence-corrected chi connectivity index (χ2v) is 3.54. The molecule has 0 aliphatic heterocycles. The van der Waals surface area contributed by atoms with Gasteiger partial charge in [-0.15, -0.1) is 10.2 Å². The van der Waals surface area contributed by atoms with Gasteiger partial charge in [0, 0.05) is 11.6 Å². The topological polar surface area (TPSA) is 153 Å². The molecule has 10 nitrogen and oxygen atoms in total. The Morgan fingerprint density at radius 1 is 1.53 bits per heavy atom. The number of nitrogens with one attached hydrogen (secondary N) is 2. The molecule has 0 unspecified atom stereocenters. The van der Waals surface area contributed by atoms with Gasteiger partial charge in [0.2, 0.25) is 0 Å². The summed E-state index contributed by atoms with van der Waals surface area (Å²) in [6.07, 6.45) is 0. The van der Waals surface area contributed by atoms with Gasteiger partial charge in [-0.3, -0.25) is 14.9 Å². The number of nitrogens with zero attached hydrogens (tertiary/aromatic N) is 4. The lowest BCUT2D eigenvalue weighted by Crippen LogP contribution is -2.23. The van der Waals surface area contributed by atoms with E-state index in [2.05, 4.69) is 25.9 Å². The van der Waals surface area contributed by atoms with Crippen LogP contribution in [-0.2, 0) is 6.54 Å². The van der Waals surface area contributed by atoms with Crippen LogP contribution >= 0.6 is 0 Å². The fourth-order valence-corrected chi connectivity index (χ4v) is 1.38. The van der Waals surface area contributed by atoms with Crippen LogP contribution in [0.5, 0.6) is 0 Å². The molecule has 1 amide bonds. The van der Waals surface area contributed by atoms with Crippen LogP contribution in [0, 0.1) is 10.1 Å². The van der Waals surface area contributed by atoms with Gasteiger partial charge in [0.05, 0.1) is 11.5 Å². The minimum absolute atomic E-state index is 0.0720. The average molecular weight is 263 g/mol. The normalized spacial score (nSPS) is 10.1. The van der Waals surface area contributed by atoms with Gasteiger partial charge >= 0.3 is 0 Å². The summed E-state index contributed by atoms with van der Waals surface area (Å²) in [6, 6.07) is 3.74. The number of benzene rings is 1. The van der Waals surface area contributed by atoms with E-state index in [1.807, 2.05) is 0 Å². The molecule has 2 rings (SSSR count). The highest BCUT2D eigenvalue weighted by atomic mass is 16.6. The zero-order chi connectivity index (χ0) is 13.8. The lowest BCUT2D eigenvalue weighted by atomic mass is 10.1. The minimum atomic E-state index is -0.615. The van der Waals surface area contributed by atoms with E-state index in [1.165, 1.54) is 18.2 Å². The molecule has 0 saturated carbocycles. The van der Waals surface area contributed by atoms with Gasteiger partial charge in [-0.2, -0.15) is 5.21 Å². The number of nitrogens with two attached hydrogens (primary N) is 1. The first kappa shape index (κ1) is 12.4. The standard InChI is InChI=1S/C9H9N7O3/c10-6-3-5(1-2-7(6)16(18)19)9(17)11-4-8-12-14-15-13-8/h1-3H,4,10H2,(H,11,17)(H,12,13,14,15). The van der Waals surface area contributed by atoms with Crippen LogP contribution < -0.4 is 11.1 Å². The molecule has 98 valence electrons. The van der Waals surface area contributed by atoms with Gasteiger partial charge in [0.1, 0.15) is 5.69 Å². The van der Waals surface area contributed by atoms with E-state index < -0.39 is 10.8 Å². The molecule has 0 aliphatic rings. The fraction of sp³-hybridized carbons (Fsp3) is 0.111. The van der Waals surface area contributed by atoms with Gasteiger partial charge in [-0.05, 0) is 12.1 Å². The summed E-state index contributed by atoms with van der Waals surface area (Å²) in [7, 11) is 0. The summed E-state index contributed by atoms with van der Waals surface area (Å²) in [6.45, 7) is 0.0895. The first-order valence-corrected chi connectivity index (χ1v) is 5.12. The number of tetrazole rings is 1. The summed E-state index contributed by atoms with van der Waals surface area (Å²) in [4.78, 5) is 21.7. The number of amides is 1. The number of hydrogen-bond acceptors (Lipinski definition) is 7. The van der Waals surface area contributed by atoms with Crippen molar-refractivity contribution >= 4 is 17.3 Å². The number of nitro groups is 1. The van der Waals surface area contributed by atoms with E-state index >= 15 is 0 Å². The predicted octanol–water partition coefficient (Wildman–Crippen LogP) is -0.380. The number of aromatic amines is 1. The molecule has 1 aromatic carbocycles. The number of carbonyl (C=O) groups is 1. The Balaban J connectivity index is 2.07. The minimum Gasteiger partial charge on any atom is -0.393 e. The van der Waals surface area contributed by atoms with Crippen LogP contribution in [-0.4, -0.2) is 31.5 Å². The van der Waals surface area contributed by atoms with Gasteiger partial charge in [-0.25, -0.2) is 0 Å². The number of H-pyrrole nitrogens is 1. The van der Waals surface area contributed by atoms with E-state index in [0.29, 0.717) is 5.82 Å². The van der Waals surface area contributed by atoms with Crippen LogP contribution in [0.3, 0.4) is 0 Å². The molecule has 0 bridgehead atoms. The number of rotatable bonds is 4. The quantitative estimate of drug-likeness (QED) is 0.386. The Hall–Kier alpha value is -3.04. The van der Waals surface area contributed by atoms with Crippen molar-refractivity contribution in [3.63, 3.8) is 0 Å². The molecule has 0 spiro atoms. The van der Waals surface area contributed by atoms with Crippen LogP contribution in [0.1, 0.15) is 16.2 Å². The summed E-state index contributed by atoms with van der Waals surface area (Å²) in [5, 5.41) is 26.0.